The van der Waals surface area contributed by atoms with Crippen molar-refractivity contribution < 1.29 is 12.8 Å². The summed E-state index contributed by atoms with van der Waals surface area (Å²) in [7, 11) is -3.78. The number of hydrogen-bond acceptors (Lipinski definition) is 4. The molecule has 1 unspecified atom stereocenters. The molecule has 1 aromatic rings. The van der Waals surface area contributed by atoms with Gasteiger partial charge in [-0.2, -0.15) is 5.26 Å². The molecule has 0 bridgehead atoms. The van der Waals surface area contributed by atoms with Crippen LogP contribution in [0.25, 0.3) is 0 Å². The Morgan fingerprint density at radius 2 is 2.19 bits per heavy atom. The molecule has 0 aromatic heterocycles. The quantitative estimate of drug-likeness (QED) is 0.776. The summed E-state index contributed by atoms with van der Waals surface area (Å²) in [6.07, 6.45) is 0. The highest BCUT2D eigenvalue weighted by atomic mass is 32.2. The first-order valence-electron chi connectivity index (χ1n) is 4.33. The summed E-state index contributed by atoms with van der Waals surface area (Å²) in [6.45, 7) is 1.25. The zero-order valence-corrected chi connectivity index (χ0v) is 9.25. The minimum atomic E-state index is -3.78. The lowest BCUT2D eigenvalue weighted by molar-refractivity contribution is 0.597. The summed E-state index contributed by atoms with van der Waals surface area (Å²) in [6, 6.07) is 5.02. The molecule has 5 nitrogen and oxygen atoms in total. The summed E-state index contributed by atoms with van der Waals surface area (Å²) in [5, 5.41) is 7.30. The first-order chi connectivity index (χ1) is 7.36. The van der Waals surface area contributed by atoms with E-state index in [9.17, 15) is 12.8 Å². The number of nitriles is 1. The molecule has 86 valence electrons. The molecule has 0 spiro atoms. The van der Waals surface area contributed by atoms with Gasteiger partial charge in [0.15, 0.2) is 5.25 Å². The van der Waals surface area contributed by atoms with E-state index >= 15 is 0 Å². The van der Waals surface area contributed by atoms with Crippen molar-refractivity contribution in [3.05, 3.63) is 24.0 Å². The molecular formula is C9H10FN3O2S. The molecular weight excluding hydrogens is 233 g/mol. The standard InChI is InChI=1S/C9H10FN3O2S/c1-6(5-11)16(14,15)13-7-2-3-8(10)9(12)4-7/h2-4,6,13H,12H2,1H3. The molecule has 1 atom stereocenters. The SMILES string of the molecule is CC(C#N)S(=O)(=O)Nc1ccc(F)c(N)c1. The lowest BCUT2D eigenvalue weighted by atomic mass is 10.3. The van der Waals surface area contributed by atoms with E-state index in [1.54, 1.807) is 6.07 Å². The molecule has 0 heterocycles. The maximum atomic E-state index is 12.8. The van der Waals surface area contributed by atoms with E-state index in [1.807, 2.05) is 0 Å². The number of hydrogen-bond donors (Lipinski definition) is 2. The monoisotopic (exact) mass is 243 g/mol. The Bertz CT molecular complexity index is 536. The fourth-order valence-corrected chi connectivity index (χ4v) is 1.70. The molecule has 0 amide bonds. The molecule has 3 N–H and O–H groups in total. The minimum absolute atomic E-state index is 0.126. The molecule has 0 aliphatic heterocycles. The molecule has 0 fully saturated rings. The van der Waals surface area contributed by atoms with Crippen molar-refractivity contribution in [2.75, 3.05) is 10.5 Å². The number of benzene rings is 1. The number of sulfonamides is 1. The number of anilines is 2. The number of rotatable bonds is 3. The lowest BCUT2D eigenvalue weighted by Crippen LogP contribution is -2.23. The molecule has 7 heteroatoms. The fourth-order valence-electron chi connectivity index (χ4n) is 0.929. The van der Waals surface area contributed by atoms with Crippen LogP contribution in [0.5, 0.6) is 0 Å². The molecule has 1 rings (SSSR count). The molecule has 0 saturated heterocycles. The van der Waals surface area contributed by atoms with Gasteiger partial charge in [-0.1, -0.05) is 0 Å². The highest BCUT2D eigenvalue weighted by Crippen LogP contribution is 2.18. The number of nitrogens with two attached hydrogens (primary N) is 1. The van der Waals surface area contributed by atoms with Crippen LogP contribution in [0.2, 0.25) is 0 Å². The van der Waals surface area contributed by atoms with Gasteiger partial charge in [0.25, 0.3) is 0 Å². The second-order valence-corrected chi connectivity index (χ2v) is 5.16. The van der Waals surface area contributed by atoms with Gasteiger partial charge in [0.1, 0.15) is 5.82 Å². The van der Waals surface area contributed by atoms with Crippen molar-refractivity contribution >= 4 is 21.4 Å². The van der Waals surface area contributed by atoms with Gasteiger partial charge in [-0.15, -0.1) is 0 Å². The Kier molecular flexibility index (Phi) is 3.34. The summed E-state index contributed by atoms with van der Waals surface area (Å²) < 4.78 is 37.9. The summed E-state index contributed by atoms with van der Waals surface area (Å²) >= 11 is 0. The molecule has 0 saturated carbocycles. The normalized spacial score (nSPS) is 12.8. The van der Waals surface area contributed by atoms with Gasteiger partial charge in [0.2, 0.25) is 10.0 Å². The zero-order valence-electron chi connectivity index (χ0n) is 8.44. The van der Waals surface area contributed by atoms with Crippen molar-refractivity contribution in [3.63, 3.8) is 0 Å². The van der Waals surface area contributed by atoms with Crippen LogP contribution in [0.1, 0.15) is 6.92 Å². The van der Waals surface area contributed by atoms with Gasteiger partial charge in [-0.05, 0) is 25.1 Å². The Hall–Kier alpha value is -1.81. The van der Waals surface area contributed by atoms with Gasteiger partial charge in [0, 0.05) is 0 Å². The van der Waals surface area contributed by atoms with E-state index in [1.165, 1.54) is 13.0 Å². The molecule has 0 radical (unpaired) electrons. The zero-order chi connectivity index (χ0) is 12.3. The largest absolute Gasteiger partial charge is 0.396 e. The van der Waals surface area contributed by atoms with E-state index in [0.717, 1.165) is 12.1 Å². The predicted molar refractivity (Wildman–Crippen MR) is 58.4 cm³/mol. The third-order valence-electron chi connectivity index (χ3n) is 1.90. The summed E-state index contributed by atoms with van der Waals surface area (Å²) in [5.41, 5.74) is 5.24. The summed E-state index contributed by atoms with van der Waals surface area (Å²) in [5.74, 6) is -0.628. The van der Waals surface area contributed by atoms with Crippen molar-refractivity contribution in [1.29, 1.82) is 5.26 Å². The van der Waals surface area contributed by atoms with Crippen LogP contribution in [0.3, 0.4) is 0 Å². The average molecular weight is 243 g/mol. The smallest absolute Gasteiger partial charge is 0.248 e. The van der Waals surface area contributed by atoms with Gasteiger partial charge in [0.05, 0.1) is 17.4 Å². The number of nitrogens with zero attached hydrogens (tertiary/aromatic N) is 1. The molecule has 0 aliphatic rings. The Morgan fingerprint density at radius 3 is 2.69 bits per heavy atom. The number of halogens is 1. The van der Waals surface area contributed by atoms with Crippen molar-refractivity contribution in [3.8, 4) is 6.07 Å². The van der Waals surface area contributed by atoms with Gasteiger partial charge in [-0.25, -0.2) is 12.8 Å². The van der Waals surface area contributed by atoms with Gasteiger partial charge in [-0.3, -0.25) is 4.72 Å². The van der Waals surface area contributed by atoms with Crippen LogP contribution >= 0.6 is 0 Å². The molecule has 0 aliphatic carbocycles. The van der Waals surface area contributed by atoms with Crippen LogP contribution < -0.4 is 10.5 Å². The Labute approximate surface area is 92.7 Å². The van der Waals surface area contributed by atoms with Crippen molar-refractivity contribution in [2.24, 2.45) is 0 Å². The number of nitrogen functional groups attached to an aromatic ring is 1. The average Bonchev–Trinajstić information content (AvgIpc) is 2.22. The van der Waals surface area contributed by atoms with Crippen LogP contribution in [-0.4, -0.2) is 13.7 Å². The Balaban J connectivity index is 2.98. The Morgan fingerprint density at radius 1 is 1.56 bits per heavy atom. The second-order valence-electron chi connectivity index (χ2n) is 3.15. The van der Waals surface area contributed by atoms with E-state index in [2.05, 4.69) is 4.72 Å². The van der Waals surface area contributed by atoms with E-state index < -0.39 is 21.1 Å². The van der Waals surface area contributed by atoms with Crippen LogP contribution in [0.15, 0.2) is 18.2 Å². The second kappa shape index (κ2) is 4.37. The number of nitrogens with one attached hydrogen (secondary N) is 1. The van der Waals surface area contributed by atoms with Gasteiger partial charge >= 0.3 is 0 Å². The van der Waals surface area contributed by atoms with Crippen LogP contribution in [0.4, 0.5) is 15.8 Å². The first kappa shape index (κ1) is 12.3. The first-order valence-corrected chi connectivity index (χ1v) is 5.87. The van der Waals surface area contributed by atoms with Crippen LogP contribution in [0, 0.1) is 17.1 Å². The maximum Gasteiger partial charge on any atom is 0.248 e. The molecule has 16 heavy (non-hydrogen) atoms. The van der Waals surface area contributed by atoms with Crippen LogP contribution in [-0.2, 0) is 10.0 Å². The van der Waals surface area contributed by atoms with E-state index in [0.29, 0.717) is 0 Å². The predicted octanol–water partition coefficient (Wildman–Crippen LogP) is 1.06. The maximum absolute atomic E-state index is 12.8. The fraction of sp³-hybridized carbons (Fsp3) is 0.222. The molecule has 1 aromatic carbocycles. The highest BCUT2D eigenvalue weighted by Gasteiger charge is 2.20. The minimum Gasteiger partial charge on any atom is -0.396 e. The van der Waals surface area contributed by atoms with Gasteiger partial charge < -0.3 is 5.73 Å². The highest BCUT2D eigenvalue weighted by molar-refractivity contribution is 7.93. The van der Waals surface area contributed by atoms with E-state index in [-0.39, 0.29) is 11.4 Å². The van der Waals surface area contributed by atoms with E-state index in [4.69, 9.17) is 11.0 Å². The van der Waals surface area contributed by atoms with Crippen molar-refractivity contribution in [2.45, 2.75) is 12.2 Å². The topological polar surface area (TPSA) is 96.0 Å². The third kappa shape index (κ3) is 2.61. The van der Waals surface area contributed by atoms with Crippen molar-refractivity contribution in [1.82, 2.24) is 0 Å². The lowest BCUT2D eigenvalue weighted by Gasteiger charge is -2.09. The summed E-state index contributed by atoms with van der Waals surface area (Å²) in [4.78, 5) is 0. The third-order valence-corrected chi connectivity index (χ3v) is 3.46.